The first-order chi connectivity index (χ1) is 12.2. The summed E-state index contributed by atoms with van der Waals surface area (Å²) in [5, 5.41) is 12.1. The minimum Gasteiger partial charge on any atom is -0.325 e. The van der Waals surface area contributed by atoms with Gasteiger partial charge in [0.05, 0.1) is 11.4 Å². The van der Waals surface area contributed by atoms with Crippen LogP contribution in [0.25, 0.3) is 5.69 Å². The SMILES string of the molecule is CSc1ccc(NC(=O)CSc2nncn2-c2cccc(Cl)c2)cc1. The van der Waals surface area contributed by atoms with Crippen molar-refractivity contribution in [2.45, 2.75) is 10.1 Å². The van der Waals surface area contributed by atoms with Crippen molar-refractivity contribution in [3.8, 4) is 5.69 Å². The highest BCUT2D eigenvalue weighted by atomic mass is 35.5. The van der Waals surface area contributed by atoms with Gasteiger partial charge in [0, 0.05) is 15.6 Å². The van der Waals surface area contributed by atoms with Crippen LogP contribution in [0.5, 0.6) is 0 Å². The molecule has 0 saturated heterocycles. The van der Waals surface area contributed by atoms with Crippen LogP contribution in [0.4, 0.5) is 5.69 Å². The highest BCUT2D eigenvalue weighted by Gasteiger charge is 2.10. The number of hydrogen-bond acceptors (Lipinski definition) is 5. The number of carbonyl (C=O) groups excluding carboxylic acids is 1. The third-order valence-electron chi connectivity index (χ3n) is 3.31. The zero-order valence-electron chi connectivity index (χ0n) is 13.3. The van der Waals surface area contributed by atoms with E-state index in [0.29, 0.717) is 10.2 Å². The number of aromatic nitrogens is 3. The normalized spacial score (nSPS) is 10.6. The summed E-state index contributed by atoms with van der Waals surface area (Å²) in [6, 6.07) is 15.1. The third kappa shape index (κ3) is 4.78. The molecule has 8 heteroatoms. The van der Waals surface area contributed by atoms with Crippen LogP contribution in [-0.4, -0.2) is 32.7 Å². The smallest absolute Gasteiger partial charge is 0.234 e. The average molecular weight is 391 g/mol. The number of hydrogen-bond donors (Lipinski definition) is 1. The molecule has 0 spiro atoms. The molecule has 2 aromatic carbocycles. The molecule has 1 N–H and O–H groups in total. The predicted octanol–water partition coefficient (Wildman–Crippen LogP) is 4.37. The molecule has 0 atom stereocenters. The first-order valence-electron chi connectivity index (χ1n) is 7.38. The van der Waals surface area contributed by atoms with Crippen LogP contribution in [0.1, 0.15) is 0 Å². The fourth-order valence-corrected chi connectivity index (χ4v) is 3.45. The van der Waals surface area contributed by atoms with Crippen molar-refractivity contribution in [2.75, 3.05) is 17.3 Å². The number of rotatable bonds is 6. The van der Waals surface area contributed by atoms with E-state index in [1.54, 1.807) is 28.7 Å². The predicted molar refractivity (Wildman–Crippen MR) is 104 cm³/mol. The maximum Gasteiger partial charge on any atom is 0.234 e. The lowest BCUT2D eigenvalue weighted by atomic mass is 10.3. The lowest BCUT2D eigenvalue weighted by molar-refractivity contribution is -0.113. The molecular weight excluding hydrogens is 376 g/mol. The van der Waals surface area contributed by atoms with Crippen LogP contribution in [0.2, 0.25) is 5.02 Å². The van der Waals surface area contributed by atoms with Crippen LogP contribution >= 0.6 is 35.1 Å². The van der Waals surface area contributed by atoms with E-state index in [1.807, 2.05) is 48.7 Å². The highest BCUT2D eigenvalue weighted by molar-refractivity contribution is 7.99. The van der Waals surface area contributed by atoms with Crippen LogP contribution in [0, 0.1) is 0 Å². The summed E-state index contributed by atoms with van der Waals surface area (Å²) in [5.74, 6) is 0.145. The minimum atomic E-state index is -0.0949. The summed E-state index contributed by atoms with van der Waals surface area (Å²) in [4.78, 5) is 13.3. The van der Waals surface area contributed by atoms with Crippen LogP contribution in [0.15, 0.2) is 64.9 Å². The van der Waals surface area contributed by atoms with Gasteiger partial charge in [-0.25, -0.2) is 0 Å². The lowest BCUT2D eigenvalue weighted by Gasteiger charge is -2.07. The van der Waals surface area contributed by atoms with Crippen molar-refractivity contribution in [1.29, 1.82) is 0 Å². The van der Waals surface area contributed by atoms with Gasteiger partial charge in [0.25, 0.3) is 0 Å². The third-order valence-corrected chi connectivity index (χ3v) is 5.23. The number of halogens is 1. The van der Waals surface area contributed by atoms with Crippen LogP contribution < -0.4 is 5.32 Å². The van der Waals surface area contributed by atoms with E-state index in [1.165, 1.54) is 11.8 Å². The summed E-state index contributed by atoms with van der Waals surface area (Å²) < 4.78 is 1.80. The molecule has 0 bridgehead atoms. The monoisotopic (exact) mass is 390 g/mol. The molecule has 5 nitrogen and oxygen atoms in total. The first kappa shape index (κ1) is 17.8. The van der Waals surface area contributed by atoms with Crippen molar-refractivity contribution in [2.24, 2.45) is 0 Å². The minimum absolute atomic E-state index is 0.0949. The number of nitrogens with one attached hydrogen (secondary N) is 1. The molecule has 0 aliphatic heterocycles. The maximum absolute atomic E-state index is 12.1. The molecule has 1 aromatic heterocycles. The number of anilines is 1. The van der Waals surface area contributed by atoms with E-state index in [0.717, 1.165) is 16.3 Å². The Morgan fingerprint density at radius 2 is 2.04 bits per heavy atom. The topological polar surface area (TPSA) is 59.8 Å². The molecule has 0 saturated carbocycles. The Balaban J connectivity index is 1.62. The fourth-order valence-electron chi connectivity index (χ4n) is 2.13. The second-order valence-electron chi connectivity index (χ2n) is 5.03. The van der Waals surface area contributed by atoms with E-state index in [-0.39, 0.29) is 11.7 Å². The zero-order valence-corrected chi connectivity index (χ0v) is 15.7. The van der Waals surface area contributed by atoms with E-state index in [2.05, 4.69) is 15.5 Å². The van der Waals surface area contributed by atoms with Gasteiger partial charge in [-0.05, 0) is 48.7 Å². The maximum atomic E-state index is 12.1. The number of benzene rings is 2. The summed E-state index contributed by atoms with van der Waals surface area (Å²) in [7, 11) is 0. The molecule has 0 unspecified atom stereocenters. The van der Waals surface area contributed by atoms with Gasteiger partial charge in [0.15, 0.2) is 5.16 Å². The number of thioether (sulfide) groups is 2. The molecule has 25 heavy (non-hydrogen) atoms. The highest BCUT2D eigenvalue weighted by Crippen LogP contribution is 2.22. The Morgan fingerprint density at radius 1 is 1.24 bits per heavy atom. The van der Waals surface area contributed by atoms with Crippen molar-refractivity contribution in [3.63, 3.8) is 0 Å². The van der Waals surface area contributed by atoms with E-state index < -0.39 is 0 Å². The van der Waals surface area contributed by atoms with Crippen molar-refractivity contribution in [3.05, 3.63) is 59.9 Å². The van der Waals surface area contributed by atoms with Crippen LogP contribution in [0.3, 0.4) is 0 Å². The quantitative estimate of drug-likeness (QED) is 0.633. The Kier molecular flexibility index (Phi) is 6.01. The zero-order chi connectivity index (χ0) is 17.6. The second kappa shape index (κ2) is 8.42. The molecule has 128 valence electrons. The largest absolute Gasteiger partial charge is 0.325 e. The first-order valence-corrected chi connectivity index (χ1v) is 9.97. The summed E-state index contributed by atoms with van der Waals surface area (Å²) in [6.45, 7) is 0. The molecule has 0 aliphatic rings. The Morgan fingerprint density at radius 3 is 2.76 bits per heavy atom. The molecule has 3 aromatic rings. The van der Waals surface area contributed by atoms with Gasteiger partial charge >= 0.3 is 0 Å². The number of nitrogens with zero attached hydrogens (tertiary/aromatic N) is 3. The lowest BCUT2D eigenvalue weighted by Crippen LogP contribution is -2.14. The van der Waals surface area contributed by atoms with Gasteiger partial charge in [-0.1, -0.05) is 29.4 Å². The molecule has 0 fully saturated rings. The Labute approximate surface area is 159 Å². The van der Waals surface area contributed by atoms with Gasteiger partial charge in [0.2, 0.25) is 5.91 Å². The standard InChI is InChI=1S/C17H15ClN4OS2/c1-24-15-7-5-13(6-8-15)20-16(23)10-25-17-21-19-11-22(17)14-4-2-3-12(18)9-14/h2-9,11H,10H2,1H3,(H,20,23). The van der Waals surface area contributed by atoms with Crippen LogP contribution in [-0.2, 0) is 4.79 Å². The van der Waals surface area contributed by atoms with Gasteiger partial charge in [-0.2, -0.15) is 0 Å². The Hall–Kier alpha value is -1.96. The van der Waals surface area contributed by atoms with Gasteiger partial charge in [0.1, 0.15) is 6.33 Å². The average Bonchev–Trinajstić information content (AvgIpc) is 3.09. The number of amides is 1. The number of carbonyl (C=O) groups is 1. The summed E-state index contributed by atoms with van der Waals surface area (Å²) in [6.07, 6.45) is 3.62. The van der Waals surface area contributed by atoms with E-state index >= 15 is 0 Å². The van der Waals surface area contributed by atoms with E-state index in [4.69, 9.17) is 11.6 Å². The molecule has 0 aliphatic carbocycles. The molecule has 1 heterocycles. The van der Waals surface area contributed by atoms with Gasteiger partial charge in [-0.15, -0.1) is 22.0 Å². The molecule has 3 rings (SSSR count). The van der Waals surface area contributed by atoms with Crippen molar-refractivity contribution in [1.82, 2.24) is 14.8 Å². The molecule has 0 radical (unpaired) electrons. The van der Waals surface area contributed by atoms with E-state index in [9.17, 15) is 4.79 Å². The molecule has 1 amide bonds. The molecular formula is C17H15ClN4OS2. The summed E-state index contributed by atoms with van der Waals surface area (Å²) >= 11 is 9.01. The van der Waals surface area contributed by atoms with Gasteiger partial charge in [-0.3, -0.25) is 9.36 Å². The van der Waals surface area contributed by atoms with Gasteiger partial charge < -0.3 is 5.32 Å². The second-order valence-corrected chi connectivity index (χ2v) is 7.29. The van der Waals surface area contributed by atoms with Crippen molar-refractivity contribution < 1.29 is 4.79 Å². The Bertz CT molecular complexity index is 867. The fraction of sp³-hybridized carbons (Fsp3) is 0.118. The van der Waals surface area contributed by atoms with Crippen molar-refractivity contribution >= 4 is 46.7 Å². The summed E-state index contributed by atoms with van der Waals surface area (Å²) in [5.41, 5.74) is 1.63.